The maximum absolute atomic E-state index is 6.23. The zero-order valence-corrected chi connectivity index (χ0v) is 11.8. The summed E-state index contributed by atoms with van der Waals surface area (Å²) in [6.45, 7) is 6.52. The van der Waals surface area contributed by atoms with Crippen molar-refractivity contribution in [2.24, 2.45) is 5.73 Å². The average molecular weight is 284 g/mol. The van der Waals surface area contributed by atoms with E-state index in [1.807, 2.05) is 0 Å². The first kappa shape index (κ1) is 11.9. The van der Waals surface area contributed by atoms with E-state index in [9.17, 15) is 0 Å². The molecule has 1 aliphatic carbocycles. The van der Waals surface area contributed by atoms with Crippen LogP contribution in [-0.2, 0) is 5.41 Å². The summed E-state index contributed by atoms with van der Waals surface area (Å²) in [5.41, 5.74) is 10.00. The number of ether oxygens (including phenoxy) is 1. The lowest BCUT2D eigenvalue weighted by molar-refractivity contribution is 0.392. The lowest BCUT2D eigenvalue weighted by Crippen LogP contribution is -2.15. The summed E-state index contributed by atoms with van der Waals surface area (Å²) in [6.07, 6.45) is 0.973. The molecule has 88 valence electrons. The summed E-state index contributed by atoms with van der Waals surface area (Å²) >= 11 is 3.65. The summed E-state index contributed by atoms with van der Waals surface area (Å²) in [5, 5.41) is 0. The first-order valence-electron chi connectivity index (χ1n) is 5.51. The zero-order chi connectivity index (χ0) is 12.1. The monoisotopic (exact) mass is 283 g/mol. The van der Waals surface area contributed by atoms with Crippen molar-refractivity contribution in [3.05, 3.63) is 27.2 Å². The Bertz CT molecular complexity index is 440. The molecule has 0 saturated heterocycles. The number of rotatable bonds is 1. The Balaban J connectivity index is 2.77. The molecule has 16 heavy (non-hydrogen) atoms. The Morgan fingerprint density at radius 3 is 2.69 bits per heavy atom. The van der Waals surface area contributed by atoms with Gasteiger partial charge in [-0.3, -0.25) is 0 Å². The van der Waals surface area contributed by atoms with Gasteiger partial charge in [-0.25, -0.2) is 0 Å². The van der Waals surface area contributed by atoms with Crippen LogP contribution in [-0.4, -0.2) is 7.11 Å². The number of aryl methyl sites for hydroxylation is 1. The summed E-state index contributed by atoms with van der Waals surface area (Å²) in [7, 11) is 1.73. The lowest BCUT2D eigenvalue weighted by Gasteiger charge is -2.22. The molecule has 0 radical (unpaired) electrons. The molecular formula is C13H18BrNO. The molecule has 0 aliphatic heterocycles. The number of halogens is 1. The second-order valence-electron chi connectivity index (χ2n) is 5.19. The number of methoxy groups -OCH3 is 1. The summed E-state index contributed by atoms with van der Waals surface area (Å²) in [4.78, 5) is 0. The second-order valence-corrected chi connectivity index (χ2v) is 5.99. The molecule has 0 fully saturated rings. The first-order valence-corrected chi connectivity index (χ1v) is 6.31. The van der Waals surface area contributed by atoms with Gasteiger partial charge in [-0.1, -0.05) is 29.8 Å². The standard InChI is InChI=1S/C13H18BrNO/c1-7-5-9(16-4)11-10(12(7)14)8(15)6-13(11,2)3/h5,8H,6,15H2,1-4H3/t8-/m0/s1. The molecule has 0 saturated carbocycles. The highest BCUT2D eigenvalue weighted by Crippen LogP contribution is 2.51. The van der Waals surface area contributed by atoms with Crippen molar-refractivity contribution in [2.75, 3.05) is 7.11 Å². The average Bonchev–Trinajstić information content (AvgIpc) is 2.43. The largest absolute Gasteiger partial charge is 0.496 e. The zero-order valence-electron chi connectivity index (χ0n) is 10.2. The molecule has 0 spiro atoms. The van der Waals surface area contributed by atoms with Crippen molar-refractivity contribution in [1.29, 1.82) is 0 Å². The van der Waals surface area contributed by atoms with Crippen LogP contribution in [0.5, 0.6) is 5.75 Å². The van der Waals surface area contributed by atoms with Gasteiger partial charge < -0.3 is 10.5 Å². The molecule has 0 amide bonds. The summed E-state index contributed by atoms with van der Waals surface area (Å²) in [6, 6.07) is 2.19. The number of benzene rings is 1. The van der Waals surface area contributed by atoms with Crippen LogP contribution in [0.3, 0.4) is 0 Å². The SMILES string of the molecule is COc1cc(C)c(Br)c2c1C(C)(C)C[C@@H]2N. The maximum atomic E-state index is 6.23. The highest BCUT2D eigenvalue weighted by Gasteiger charge is 2.39. The molecular weight excluding hydrogens is 266 g/mol. The topological polar surface area (TPSA) is 35.2 Å². The molecule has 2 N–H and O–H groups in total. The Morgan fingerprint density at radius 2 is 2.12 bits per heavy atom. The van der Waals surface area contributed by atoms with Crippen molar-refractivity contribution >= 4 is 15.9 Å². The molecule has 0 bridgehead atoms. The predicted octanol–water partition coefficient (Wildman–Crippen LogP) is 3.45. The highest BCUT2D eigenvalue weighted by molar-refractivity contribution is 9.10. The van der Waals surface area contributed by atoms with E-state index < -0.39 is 0 Å². The van der Waals surface area contributed by atoms with Gasteiger partial charge in [0.25, 0.3) is 0 Å². The number of nitrogens with two attached hydrogens (primary N) is 1. The van der Waals surface area contributed by atoms with E-state index in [0.717, 1.165) is 16.6 Å². The fourth-order valence-corrected chi connectivity index (χ4v) is 3.35. The van der Waals surface area contributed by atoms with Gasteiger partial charge in [-0.05, 0) is 36.0 Å². The third-order valence-corrected chi connectivity index (χ3v) is 4.50. The minimum atomic E-state index is 0.0936. The highest BCUT2D eigenvalue weighted by atomic mass is 79.9. The normalized spacial score (nSPS) is 22.0. The van der Waals surface area contributed by atoms with Crippen LogP contribution in [0.4, 0.5) is 0 Å². The van der Waals surface area contributed by atoms with Crippen molar-refractivity contribution in [1.82, 2.24) is 0 Å². The second kappa shape index (κ2) is 3.74. The third kappa shape index (κ3) is 1.57. The molecule has 0 aromatic heterocycles. The molecule has 2 rings (SSSR count). The van der Waals surface area contributed by atoms with Crippen molar-refractivity contribution in [3.8, 4) is 5.75 Å². The van der Waals surface area contributed by atoms with E-state index in [2.05, 4.69) is 42.8 Å². The van der Waals surface area contributed by atoms with Gasteiger partial charge in [0.05, 0.1) is 7.11 Å². The quantitative estimate of drug-likeness (QED) is 0.857. The number of hydrogen-bond acceptors (Lipinski definition) is 2. The van der Waals surface area contributed by atoms with Gasteiger partial charge in [-0.2, -0.15) is 0 Å². The maximum Gasteiger partial charge on any atom is 0.123 e. The van der Waals surface area contributed by atoms with E-state index in [0.29, 0.717) is 0 Å². The van der Waals surface area contributed by atoms with E-state index >= 15 is 0 Å². The van der Waals surface area contributed by atoms with E-state index in [-0.39, 0.29) is 11.5 Å². The van der Waals surface area contributed by atoms with Crippen LogP contribution >= 0.6 is 15.9 Å². The Labute approximate surface area is 105 Å². The fraction of sp³-hybridized carbons (Fsp3) is 0.538. The molecule has 1 aromatic carbocycles. The molecule has 1 atom stereocenters. The number of hydrogen-bond donors (Lipinski definition) is 1. The summed E-state index contributed by atoms with van der Waals surface area (Å²) < 4.78 is 6.64. The summed E-state index contributed by atoms with van der Waals surface area (Å²) in [5.74, 6) is 0.966. The predicted molar refractivity (Wildman–Crippen MR) is 70.0 cm³/mol. The molecule has 0 heterocycles. The minimum Gasteiger partial charge on any atom is -0.496 e. The van der Waals surface area contributed by atoms with E-state index in [4.69, 9.17) is 10.5 Å². The molecule has 1 aromatic rings. The first-order chi connectivity index (χ1) is 7.38. The van der Waals surface area contributed by atoms with Gasteiger partial charge in [-0.15, -0.1) is 0 Å². The molecule has 3 heteroatoms. The van der Waals surface area contributed by atoms with Gasteiger partial charge in [0, 0.05) is 16.1 Å². The van der Waals surface area contributed by atoms with Crippen molar-refractivity contribution < 1.29 is 4.74 Å². The Kier molecular flexibility index (Phi) is 2.79. The van der Waals surface area contributed by atoms with Gasteiger partial charge in [0.1, 0.15) is 5.75 Å². The van der Waals surface area contributed by atoms with Gasteiger partial charge >= 0.3 is 0 Å². The van der Waals surface area contributed by atoms with E-state index in [1.54, 1.807) is 7.11 Å². The van der Waals surface area contributed by atoms with Crippen LogP contribution in [0.2, 0.25) is 0 Å². The van der Waals surface area contributed by atoms with Crippen LogP contribution in [0.1, 0.15) is 43.0 Å². The smallest absolute Gasteiger partial charge is 0.123 e. The lowest BCUT2D eigenvalue weighted by atomic mass is 9.85. The molecule has 1 aliphatic rings. The van der Waals surface area contributed by atoms with Crippen LogP contribution < -0.4 is 10.5 Å². The van der Waals surface area contributed by atoms with Crippen molar-refractivity contribution in [2.45, 2.75) is 38.6 Å². The van der Waals surface area contributed by atoms with Crippen molar-refractivity contribution in [3.63, 3.8) is 0 Å². The Morgan fingerprint density at radius 1 is 1.50 bits per heavy atom. The van der Waals surface area contributed by atoms with E-state index in [1.165, 1.54) is 16.7 Å². The minimum absolute atomic E-state index is 0.0936. The van der Waals surface area contributed by atoms with Crippen LogP contribution in [0.15, 0.2) is 10.5 Å². The van der Waals surface area contributed by atoms with Crippen LogP contribution in [0.25, 0.3) is 0 Å². The van der Waals surface area contributed by atoms with Gasteiger partial charge in [0.15, 0.2) is 0 Å². The number of fused-ring (bicyclic) bond motifs is 1. The van der Waals surface area contributed by atoms with Crippen LogP contribution in [0, 0.1) is 6.92 Å². The Hall–Kier alpha value is -0.540. The molecule has 0 unspecified atom stereocenters. The fourth-order valence-electron chi connectivity index (χ4n) is 2.75. The van der Waals surface area contributed by atoms with Gasteiger partial charge in [0.2, 0.25) is 0 Å². The molecule has 2 nitrogen and oxygen atoms in total. The third-order valence-electron chi connectivity index (χ3n) is 3.44.